The highest BCUT2D eigenvalue weighted by molar-refractivity contribution is 5.69. The molecule has 0 nitrogen and oxygen atoms in total. The second kappa shape index (κ2) is 4.86. The fourth-order valence-electron chi connectivity index (χ4n) is 1.65. The SMILES string of the molecule is C#C.Cc1ccc2c(c1)C=CC(C)(C)C=C2. The summed E-state index contributed by atoms with van der Waals surface area (Å²) >= 11 is 0. The van der Waals surface area contributed by atoms with Gasteiger partial charge in [-0.3, -0.25) is 0 Å². The van der Waals surface area contributed by atoms with Crippen molar-refractivity contribution >= 4 is 12.2 Å². The second-order valence-electron chi connectivity index (χ2n) is 4.62. The van der Waals surface area contributed by atoms with Gasteiger partial charge in [0.1, 0.15) is 0 Å². The number of fused-ring (bicyclic) bond motifs is 1. The van der Waals surface area contributed by atoms with Gasteiger partial charge in [0.25, 0.3) is 0 Å². The van der Waals surface area contributed by atoms with E-state index < -0.39 is 0 Å². The smallest absolute Gasteiger partial charge is 0.00111 e. The molecule has 0 N–H and O–H groups in total. The summed E-state index contributed by atoms with van der Waals surface area (Å²) in [6.45, 7) is 6.57. The maximum absolute atomic E-state index is 4.00. The molecule has 82 valence electrons. The van der Waals surface area contributed by atoms with Crippen LogP contribution in [0, 0.1) is 25.2 Å². The van der Waals surface area contributed by atoms with Gasteiger partial charge in [0.2, 0.25) is 0 Å². The normalized spacial score (nSPS) is 15.6. The van der Waals surface area contributed by atoms with Gasteiger partial charge in [-0.05, 0) is 18.1 Å². The first kappa shape index (κ1) is 12.3. The molecule has 0 atom stereocenters. The van der Waals surface area contributed by atoms with Crippen LogP contribution in [0.1, 0.15) is 30.5 Å². The van der Waals surface area contributed by atoms with Gasteiger partial charge in [-0.2, -0.15) is 0 Å². The van der Waals surface area contributed by atoms with Gasteiger partial charge in [-0.1, -0.05) is 61.9 Å². The number of benzene rings is 1. The lowest BCUT2D eigenvalue weighted by molar-refractivity contribution is 0.633. The lowest BCUT2D eigenvalue weighted by Gasteiger charge is -2.11. The summed E-state index contributed by atoms with van der Waals surface area (Å²) in [6, 6.07) is 6.58. The number of hydrogen-bond donors (Lipinski definition) is 0. The Morgan fingerprint density at radius 3 is 2.12 bits per heavy atom. The standard InChI is InChI=1S/C14H16.C2H2/c1-11-4-5-12-6-8-14(2,3)9-7-13(12)10-11;1-2/h4-10H,1-3H3;1-2H. The molecule has 0 spiro atoms. The third kappa shape index (κ3) is 2.87. The van der Waals surface area contributed by atoms with Gasteiger partial charge in [0.15, 0.2) is 0 Å². The monoisotopic (exact) mass is 210 g/mol. The highest BCUT2D eigenvalue weighted by atomic mass is 14.2. The van der Waals surface area contributed by atoms with Gasteiger partial charge < -0.3 is 0 Å². The Morgan fingerprint density at radius 1 is 0.938 bits per heavy atom. The lowest BCUT2D eigenvalue weighted by atomic mass is 9.93. The number of terminal acetylenes is 1. The zero-order valence-electron chi connectivity index (χ0n) is 10.2. The zero-order chi connectivity index (χ0) is 12.2. The van der Waals surface area contributed by atoms with Crippen LogP contribution < -0.4 is 0 Å². The summed E-state index contributed by atoms with van der Waals surface area (Å²) in [5.41, 5.74) is 4.14. The van der Waals surface area contributed by atoms with Crippen molar-refractivity contribution in [3.63, 3.8) is 0 Å². The van der Waals surface area contributed by atoms with Crippen molar-refractivity contribution in [2.75, 3.05) is 0 Å². The molecule has 1 aromatic rings. The molecule has 0 heteroatoms. The van der Waals surface area contributed by atoms with Crippen LogP contribution in [0.25, 0.3) is 12.2 Å². The first-order valence-electron chi connectivity index (χ1n) is 5.39. The summed E-state index contributed by atoms with van der Waals surface area (Å²) in [6.07, 6.45) is 17.0. The Kier molecular flexibility index (Phi) is 3.74. The Morgan fingerprint density at radius 2 is 1.50 bits per heavy atom. The van der Waals surface area contributed by atoms with E-state index in [0.29, 0.717) is 0 Å². The van der Waals surface area contributed by atoms with Crippen molar-refractivity contribution in [1.82, 2.24) is 0 Å². The number of hydrogen-bond acceptors (Lipinski definition) is 0. The molecule has 0 heterocycles. The number of rotatable bonds is 0. The molecule has 0 radical (unpaired) electrons. The fourth-order valence-corrected chi connectivity index (χ4v) is 1.65. The maximum atomic E-state index is 4.00. The average molecular weight is 210 g/mol. The quantitative estimate of drug-likeness (QED) is 0.560. The van der Waals surface area contributed by atoms with Gasteiger partial charge in [0.05, 0.1) is 0 Å². The molecule has 0 amide bonds. The molecule has 0 saturated heterocycles. The lowest BCUT2D eigenvalue weighted by Crippen LogP contribution is -1.99. The van der Waals surface area contributed by atoms with Crippen LogP contribution in [0.2, 0.25) is 0 Å². The molecule has 0 saturated carbocycles. The molecule has 16 heavy (non-hydrogen) atoms. The van der Waals surface area contributed by atoms with Crippen LogP contribution in [0.4, 0.5) is 0 Å². The Hall–Kier alpha value is -1.74. The minimum atomic E-state index is 0.174. The molecular formula is C16H18. The highest BCUT2D eigenvalue weighted by Gasteiger charge is 2.11. The number of aryl methyl sites for hydroxylation is 1. The van der Waals surface area contributed by atoms with Gasteiger partial charge in [-0.25, -0.2) is 0 Å². The van der Waals surface area contributed by atoms with E-state index >= 15 is 0 Å². The molecule has 1 aliphatic rings. The average Bonchev–Trinajstić information content (AvgIpc) is 2.41. The molecule has 0 aliphatic heterocycles. The van der Waals surface area contributed by atoms with Crippen LogP contribution in [0.5, 0.6) is 0 Å². The number of allylic oxidation sites excluding steroid dienone is 2. The predicted molar refractivity (Wildman–Crippen MR) is 72.9 cm³/mol. The van der Waals surface area contributed by atoms with E-state index in [1.165, 1.54) is 16.7 Å². The van der Waals surface area contributed by atoms with Gasteiger partial charge in [-0.15, -0.1) is 12.8 Å². The predicted octanol–water partition coefficient (Wildman–Crippen LogP) is 4.31. The third-order valence-electron chi connectivity index (χ3n) is 2.63. The first-order valence-corrected chi connectivity index (χ1v) is 5.39. The molecule has 2 rings (SSSR count). The van der Waals surface area contributed by atoms with Crippen molar-refractivity contribution in [3.8, 4) is 12.8 Å². The molecule has 0 bridgehead atoms. The van der Waals surface area contributed by atoms with E-state index in [0.717, 1.165) is 0 Å². The zero-order valence-corrected chi connectivity index (χ0v) is 10.2. The van der Waals surface area contributed by atoms with Crippen molar-refractivity contribution in [2.24, 2.45) is 5.41 Å². The van der Waals surface area contributed by atoms with Gasteiger partial charge in [0, 0.05) is 5.41 Å². The maximum Gasteiger partial charge on any atom is 0.00111 e. The van der Waals surface area contributed by atoms with E-state index in [9.17, 15) is 0 Å². The van der Waals surface area contributed by atoms with Crippen LogP contribution in [-0.2, 0) is 0 Å². The molecule has 0 fully saturated rings. The summed E-state index contributed by atoms with van der Waals surface area (Å²) in [5.74, 6) is 0. The van der Waals surface area contributed by atoms with Crippen LogP contribution in [0.3, 0.4) is 0 Å². The van der Waals surface area contributed by atoms with Gasteiger partial charge >= 0.3 is 0 Å². The van der Waals surface area contributed by atoms with E-state index in [4.69, 9.17) is 0 Å². The fraction of sp³-hybridized carbons (Fsp3) is 0.250. The summed E-state index contributed by atoms with van der Waals surface area (Å²) in [4.78, 5) is 0. The molecule has 1 aromatic carbocycles. The summed E-state index contributed by atoms with van der Waals surface area (Å²) < 4.78 is 0. The van der Waals surface area contributed by atoms with E-state index in [2.05, 4.69) is 76.1 Å². The molecular weight excluding hydrogens is 192 g/mol. The summed E-state index contributed by atoms with van der Waals surface area (Å²) in [5, 5.41) is 0. The minimum Gasteiger partial charge on any atom is -0.124 e. The minimum absolute atomic E-state index is 0.174. The summed E-state index contributed by atoms with van der Waals surface area (Å²) in [7, 11) is 0. The van der Waals surface area contributed by atoms with Crippen LogP contribution in [0.15, 0.2) is 30.4 Å². The Balaban J connectivity index is 0.000000606. The van der Waals surface area contributed by atoms with Crippen LogP contribution in [-0.4, -0.2) is 0 Å². The van der Waals surface area contributed by atoms with Crippen molar-refractivity contribution in [3.05, 3.63) is 47.0 Å². The largest absolute Gasteiger partial charge is 0.124 e. The third-order valence-corrected chi connectivity index (χ3v) is 2.63. The molecule has 0 aromatic heterocycles. The topological polar surface area (TPSA) is 0 Å². The van der Waals surface area contributed by atoms with E-state index in [1.54, 1.807) is 0 Å². The van der Waals surface area contributed by atoms with Crippen molar-refractivity contribution < 1.29 is 0 Å². The molecule has 1 aliphatic carbocycles. The Labute approximate surface area is 98.7 Å². The van der Waals surface area contributed by atoms with Crippen LogP contribution >= 0.6 is 0 Å². The molecule has 0 unspecified atom stereocenters. The van der Waals surface area contributed by atoms with Crippen molar-refractivity contribution in [1.29, 1.82) is 0 Å². The van der Waals surface area contributed by atoms with Crippen molar-refractivity contribution in [2.45, 2.75) is 20.8 Å². The second-order valence-corrected chi connectivity index (χ2v) is 4.62. The van der Waals surface area contributed by atoms with E-state index in [-0.39, 0.29) is 5.41 Å². The highest BCUT2D eigenvalue weighted by Crippen LogP contribution is 2.27. The van der Waals surface area contributed by atoms with E-state index in [1.807, 2.05) is 0 Å². The first-order chi connectivity index (χ1) is 7.57. The Bertz CT molecular complexity index is 442.